The van der Waals surface area contributed by atoms with E-state index in [1.54, 1.807) is 0 Å². The summed E-state index contributed by atoms with van der Waals surface area (Å²) in [4.78, 5) is 2.67. The molecule has 3 nitrogen and oxygen atoms in total. The van der Waals surface area contributed by atoms with E-state index in [2.05, 4.69) is 23.2 Å². The first-order valence-corrected chi connectivity index (χ1v) is 8.20. The molecule has 0 bridgehead atoms. The average Bonchev–Trinajstić information content (AvgIpc) is 2.74. The van der Waals surface area contributed by atoms with E-state index in [1.165, 1.54) is 51.6 Å². The van der Waals surface area contributed by atoms with Crippen molar-refractivity contribution in [2.75, 3.05) is 19.6 Å². The SMILES string of the molecule is CCCNC1(C#N)CCCC(N2CCCCCC2)C1. The molecule has 2 aliphatic rings. The number of likely N-dealkylation sites (tertiary alicyclic amines) is 1. The van der Waals surface area contributed by atoms with E-state index >= 15 is 0 Å². The zero-order chi connectivity index (χ0) is 13.6. The van der Waals surface area contributed by atoms with Crippen molar-refractivity contribution in [3.8, 4) is 6.07 Å². The van der Waals surface area contributed by atoms with Crippen LogP contribution in [0.15, 0.2) is 0 Å². The second-order valence-corrected chi connectivity index (χ2v) is 6.32. The van der Waals surface area contributed by atoms with Gasteiger partial charge in [0.05, 0.1) is 6.07 Å². The van der Waals surface area contributed by atoms with Gasteiger partial charge in [-0.2, -0.15) is 5.26 Å². The van der Waals surface area contributed by atoms with Crippen LogP contribution < -0.4 is 5.32 Å². The molecule has 0 amide bonds. The van der Waals surface area contributed by atoms with Gasteiger partial charge >= 0.3 is 0 Å². The number of nitriles is 1. The number of hydrogen-bond acceptors (Lipinski definition) is 3. The summed E-state index contributed by atoms with van der Waals surface area (Å²) in [7, 11) is 0. The Bertz CT molecular complexity index is 302. The molecule has 2 unspecified atom stereocenters. The molecule has 0 spiro atoms. The van der Waals surface area contributed by atoms with Crippen LogP contribution in [0.4, 0.5) is 0 Å². The van der Waals surface area contributed by atoms with Gasteiger partial charge in [0.15, 0.2) is 0 Å². The molecule has 19 heavy (non-hydrogen) atoms. The van der Waals surface area contributed by atoms with Crippen molar-refractivity contribution in [2.24, 2.45) is 0 Å². The van der Waals surface area contributed by atoms with Gasteiger partial charge in [-0.15, -0.1) is 0 Å². The van der Waals surface area contributed by atoms with Crippen molar-refractivity contribution in [3.05, 3.63) is 0 Å². The monoisotopic (exact) mass is 263 g/mol. The summed E-state index contributed by atoms with van der Waals surface area (Å²) in [5.41, 5.74) is -0.245. The fraction of sp³-hybridized carbons (Fsp3) is 0.938. The normalized spacial score (nSPS) is 33.6. The Morgan fingerprint density at radius 3 is 2.58 bits per heavy atom. The lowest BCUT2D eigenvalue weighted by atomic mass is 9.79. The molecule has 0 aromatic rings. The van der Waals surface area contributed by atoms with Crippen LogP contribution in [0, 0.1) is 11.3 Å². The quantitative estimate of drug-likeness (QED) is 0.847. The molecule has 2 fully saturated rings. The van der Waals surface area contributed by atoms with Crippen LogP contribution in [0.3, 0.4) is 0 Å². The van der Waals surface area contributed by atoms with Crippen molar-refractivity contribution < 1.29 is 0 Å². The lowest BCUT2D eigenvalue weighted by Crippen LogP contribution is -2.53. The Kier molecular flexibility index (Phi) is 5.66. The second kappa shape index (κ2) is 7.26. The van der Waals surface area contributed by atoms with E-state index in [0.29, 0.717) is 6.04 Å². The molecule has 0 radical (unpaired) electrons. The molecule has 1 saturated heterocycles. The van der Waals surface area contributed by atoms with Crippen LogP contribution in [0.2, 0.25) is 0 Å². The number of nitrogens with zero attached hydrogens (tertiary/aromatic N) is 2. The van der Waals surface area contributed by atoms with Gasteiger partial charge < -0.3 is 4.90 Å². The first-order valence-electron chi connectivity index (χ1n) is 8.20. The molecule has 2 rings (SSSR count). The maximum Gasteiger partial charge on any atom is 0.108 e. The number of hydrogen-bond donors (Lipinski definition) is 1. The highest BCUT2D eigenvalue weighted by atomic mass is 15.2. The highest BCUT2D eigenvalue weighted by Crippen LogP contribution is 2.32. The largest absolute Gasteiger partial charge is 0.300 e. The van der Waals surface area contributed by atoms with E-state index in [0.717, 1.165) is 25.8 Å². The summed E-state index contributed by atoms with van der Waals surface area (Å²) in [6, 6.07) is 3.23. The maximum atomic E-state index is 9.61. The first kappa shape index (κ1) is 14.8. The van der Waals surface area contributed by atoms with Crippen LogP contribution in [-0.2, 0) is 0 Å². The van der Waals surface area contributed by atoms with Gasteiger partial charge in [-0.05, 0) is 64.6 Å². The summed E-state index contributed by atoms with van der Waals surface area (Å²) < 4.78 is 0. The minimum absolute atomic E-state index is 0.245. The van der Waals surface area contributed by atoms with Gasteiger partial charge in [-0.3, -0.25) is 5.32 Å². The molecule has 1 aliphatic carbocycles. The highest BCUT2D eigenvalue weighted by Gasteiger charge is 2.38. The lowest BCUT2D eigenvalue weighted by molar-refractivity contribution is 0.123. The fourth-order valence-corrected chi connectivity index (χ4v) is 3.68. The smallest absolute Gasteiger partial charge is 0.108 e. The van der Waals surface area contributed by atoms with Crippen molar-refractivity contribution in [2.45, 2.75) is 76.3 Å². The fourth-order valence-electron chi connectivity index (χ4n) is 3.68. The summed E-state index contributed by atoms with van der Waals surface area (Å²) in [6.45, 7) is 5.65. The minimum Gasteiger partial charge on any atom is -0.300 e. The summed E-state index contributed by atoms with van der Waals surface area (Å²) in [6.07, 6.45) is 11.1. The Morgan fingerprint density at radius 1 is 1.21 bits per heavy atom. The van der Waals surface area contributed by atoms with Gasteiger partial charge in [0, 0.05) is 6.04 Å². The zero-order valence-electron chi connectivity index (χ0n) is 12.5. The lowest BCUT2D eigenvalue weighted by Gasteiger charge is -2.41. The summed E-state index contributed by atoms with van der Waals surface area (Å²) in [5.74, 6) is 0. The van der Waals surface area contributed by atoms with Gasteiger partial charge in [0.2, 0.25) is 0 Å². The summed E-state index contributed by atoms with van der Waals surface area (Å²) in [5, 5.41) is 13.1. The summed E-state index contributed by atoms with van der Waals surface area (Å²) >= 11 is 0. The van der Waals surface area contributed by atoms with Crippen LogP contribution in [-0.4, -0.2) is 36.1 Å². The van der Waals surface area contributed by atoms with E-state index < -0.39 is 0 Å². The highest BCUT2D eigenvalue weighted by molar-refractivity contribution is 5.11. The molecule has 1 N–H and O–H groups in total. The second-order valence-electron chi connectivity index (χ2n) is 6.32. The number of rotatable bonds is 4. The third kappa shape index (κ3) is 3.94. The molecule has 0 aromatic carbocycles. The van der Waals surface area contributed by atoms with Gasteiger partial charge in [0.25, 0.3) is 0 Å². The van der Waals surface area contributed by atoms with Gasteiger partial charge in [0.1, 0.15) is 5.54 Å². The van der Waals surface area contributed by atoms with Gasteiger partial charge in [-0.1, -0.05) is 19.8 Å². The van der Waals surface area contributed by atoms with Crippen LogP contribution in [0.1, 0.15) is 64.7 Å². The third-order valence-corrected chi connectivity index (χ3v) is 4.81. The van der Waals surface area contributed by atoms with Gasteiger partial charge in [-0.25, -0.2) is 0 Å². The molecule has 1 saturated carbocycles. The Morgan fingerprint density at radius 2 is 1.95 bits per heavy atom. The number of nitrogens with one attached hydrogen (secondary N) is 1. The molecular formula is C16H29N3. The standard InChI is InChI=1S/C16H29N3/c1-2-10-18-16(14-17)9-7-8-15(13-16)19-11-5-3-4-6-12-19/h15,18H,2-13H2,1H3. The minimum atomic E-state index is -0.245. The molecule has 1 aliphatic heterocycles. The molecule has 1 heterocycles. The molecule has 2 atom stereocenters. The Balaban J connectivity index is 1.96. The predicted octanol–water partition coefficient (Wildman–Crippen LogP) is 3.07. The van der Waals surface area contributed by atoms with Crippen LogP contribution in [0.5, 0.6) is 0 Å². The van der Waals surface area contributed by atoms with Crippen LogP contribution >= 0.6 is 0 Å². The van der Waals surface area contributed by atoms with Crippen molar-refractivity contribution in [1.29, 1.82) is 5.26 Å². The zero-order valence-corrected chi connectivity index (χ0v) is 12.5. The van der Waals surface area contributed by atoms with Crippen molar-refractivity contribution in [1.82, 2.24) is 10.2 Å². The Hall–Kier alpha value is -0.590. The molecule has 0 aromatic heterocycles. The molecule has 108 valence electrons. The Labute approximate surface area is 118 Å². The average molecular weight is 263 g/mol. The predicted molar refractivity (Wildman–Crippen MR) is 78.9 cm³/mol. The van der Waals surface area contributed by atoms with Crippen molar-refractivity contribution >= 4 is 0 Å². The third-order valence-electron chi connectivity index (χ3n) is 4.81. The first-order chi connectivity index (χ1) is 9.29. The van der Waals surface area contributed by atoms with E-state index in [-0.39, 0.29) is 5.54 Å². The molecular weight excluding hydrogens is 234 g/mol. The van der Waals surface area contributed by atoms with E-state index in [4.69, 9.17) is 0 Å². The van der Waals surface area contributed by atoms with Crippen molar-refractivity contribution in [3.63, 3.8) is 0 Å². The molecule has 3 heteroatoms. The van der Waals surface area contributed by atoms with E-state index in [9.17, 15) is 5.26 Å². The van der Waals surface area contributed by atoms with E-state index in [1.807, 2.05) is 0 Å². The maximum absolute atomic E-state index is 9.61. The van der Waals surface area contributed by atoms with Crippen LogP contribution in [0.25, 0.3) is 0 Å². The topological polar surface area (TPSA) is 39.1 Å².